The normalized spacial score (nSPS) is 12.7. The quantitative estimate of drug-likeness (QED) is 0.595. The number of carbonyl (C=O) groups is 1. The number of hydrogen-bond donors (Lipinski definition) is 0. The van der Waals surface area contributed by atoms with Gasteiger partial charge < -0.3 is 0 Å². The molecule has 0 aliphatic heterocycles. The number of benzene rings is 1. The van der Waals surface area contributed by atoms with Gasteiger partial charge in [0.1, 0.15) is 0 Å². The Morgan fingerprint density at radius 3 is 2.05 bits per heavy atom. The van der Waals surface area contributed by atoms with Gasteiger partial charge in [0, 0.05) is 10.0 Å². The summed E-state index contributed by atoms with van der Waals surface area (Å²) in [4.78, 5) is 14.9. The third-order valence-corrected chi connectivity index (χ3v) is 4.18. The fourth-order valence-electron chi connectivity index (χ4n) is 2.24. The van der Waals surface area contributed by atoms with Crippen LogP contribution in [0.4, 0.5) is 0 Å². The zero-order chi connectivity index (χ0) is 15.0. The van der Waals surface area contributed by atoms with Gasteiger partial charge in [-0.3, -0.25) is 9.69 Å². The van der Waals surface area contributed by atoms with Crippen molar-refractivity contribution in [3.8, 4) is 0 Å². The van der Waals surface area contributed by atoms with Crippen LogP contribution < -0.4 is 0 Å². The molecule has 0 spiro atoms. The van der Waals surface area contributed by atoms with Crippen LogP contribution in [0.15, 0.2) is 28.7 Å². The van der Waals surface area contributed by atoms with Crippen LogP contribution in [0.25, 0.3) is 0 Å². The predicted molar refractivity (Wildman–Crippen MR) is 89.3 cm³/mol. The molecule has 0 amide bonds. The monoisotopic (exact) mass is 339 g/mol. The highest BCUT2D eigenvalue weighted by molar-refractivity contribution is 9.10. The molecule has 1 unspecified atom stereocenters. The summed E-state index contributed by atoms with van der Waals surface area (Å²) in [5, 5.41) is 0. The van der Waals surface area contributed by atoms with Crippen LogP contribution in [0, 0.1) is 0 Å². The lowest BCUT2D eigenvalue weighted by Crippen LogP contribution is -2.40. The van der Waals surface area contributed by atoms with E-state index in [4.69, 9.17) is 0 Å². The second kappa shape index (κ2) is 9.30. The summed E-state index contributed by atoms with van der Waals surface area (Å²) < 4.78 is 1.01. The first-order chi connectivity index (χ1) is 9.60. The van der Waals surface area contributed by atoms with E-state index in [-0.39, 0.29) is 11.8 Å². The van der Waals surface area contributed by atoms with Crippen LogP contribution in [-0.2, 0) is 0 Å². The Morgan fingerprint density at radius 1 is 1.10 bits per heavy atom. The highest BCUT2D eigenvalue weighted by Crippen LogP contribution is 2.15. The van der Waals surface area contributed by atoms with Crippen molar-refractivity contribution >= 4 is 21.7 Å². The maximum Gasteiger partial charge on any atom is 0.179 e. The minimum absolute atomic E-state index is 0.0331. The second-order valence-electron chi connectivity index (χ2n) is 5.29. The predicted octanol–water partition coefficient (Wildman–Crippen LogP) is 4.92. The van der Waals surface area contributed by atoms with Gasteiger partial charge in [-0.2, -0.15) is 0 Å². The highest BCUT2D eigenvalue weighted by Gasteiger charge is 2.21. The van der Waals surface area contributed by atoms with Crippen molar-refractivity contribution in [3.63, 3.8) is 0 Å². The summed E-state index contributed by atoms with van der Waals surface area (Å²) in [6, 6.07) is 7.64. The van der Waals surface area contributed by atoms with E-state index in [9.17, 15) is 4.79 Å². The molecule has 0 aromatic heterocycles. The van der Waals surface area contributed by atoms with Gasteiger partial charge in [0.05, 0.1) is 6.04 Å². The number of hydrogen-bond acceptors (Lipinski definition) is 2. The van der Waals surface area contributed by atoms with E-state index in [1.807, 2.05) is 31.2 Å². The van der Waals surface area contributed by atoms with Crippen molar-refractivity contribution in [1.82, 2.24) is 4.90 Å². The second-order valence-corrected chi connectivity index (χ2v) is 6.21. The van der Waals surface area contributed by atoms with Gasteiger partial charge in [-0.05, 0) is 45.0 Å². The number of unbranched alkanes of at least 4 members (excludes halogenated alkanes) is 2. The van der Waals surface area contributed by atoms with Crippen LogP contribution in [0.1, 0.15) is 56.8 Å². The third-order valence-electron chi connectivity index (χ3n) is 3.65. The first-order valence-electron chi connectivity index (χ1n) is 7.64. The molecular weight excluding hydrogens is 314 g/mol. The minimum Gasteiger partial charge on any atom is -0.294 e. The standard InChI is InChI=1S/C17H26BrNO/c1-4-6-12-19(13-7-5-2)14(3)17(20)15-8-10-16(18)11-9-15/h8-11,14H,4-7,12-13H2,1-3H3. The van der Waals surface area contributed by atoms with E-state index >= 15 is 0 Å². The lowest BCUT2D eigenvalue weighted by Gasteiger charge is -2.28. The minimum atomic E-state index is -0.0331. The van der Waals surface area contributed by atoms with E-state index in [0.717, 1.165) is 36.0 Å². The van der Waals surface area contributed by atoms with E-state index in [2.05, 4.69) is 34.7 Å². The SMILES string of the molecule is CCCCN(CCCC)C(C)C(=O)c1ccc(Br)cc1. The number of nitrogens with zero attached hydrogens (tertiary/aromatic N) is 1. The Morgan fingerprint density at radius 2 is 1.60 bits per heavy atom. The molecule has 0 aliphatic rings. The smallest absolute Gasteiger partial charge is 0.179 e. The average Bonchev–Trinajstić information content (AvgIpc) is 2.47. The van der Waals surface area contributed by atoms with Crippen molar-refractivity contribution in [2.75, 3.05) is 13.1 Å². The van der Waals surface area contributed by atoms with Gasteiger partial charge >= 0.3 is 0 Å². The van der Waals surface area contributed by atoms with Crippen molar-refractivity contribution in [2.45, 2.75) is 52.5 Å². The van der Waals surface area contributed by atoms with Gasteiger partial charge in [0.2, 0.25) is 0 Å². The van der Waals surface area contributed by atoms with E-state index in [1.165, 1.54) is 12.8 Å². The zero-order valence-electron chi connectivity index (χ0n) is 12.9. The van der Waals surface area contributed by atoms with Crippen LogP contribution in [0.5, 0.6) is 0 Å². The van der Waals surface area contributed by atoms with Gasteiger partial charge in [0.15, 0.2) is 5.78 Å². The molecule has 1 aromatic rings. The number of carbonyl (C=O) groups excluding carboxylic acids is 1. The molecule has 3 heteroatoms. The molecular formula is C17H26BrNO. The topological polar surface area (TPSA) is 20.3 Å². The van der Waals surface area contributed by atoms with Gasteiger partial charge in [-0.1, -0.05) is 54.8 Å². The molecule has 1 rings (SSSR count). The molecule has 1 aromatic carbocycles. The van der Waals surface area contributed by atoms with Crippen LogP contribution in [-0.4, -0.2) is 29.8 Å². The summed E-state index contributed by atoms with van der Waals surface area (Å²) in [6.07, 6.45) is 4.65. The summed E-state index contributed by atoms with van der Waals surface area (Å²) >= 11 is 3.41. The lowest BCUT2D eigenvalue weighted by molar-refractivity contribution is 0.0833. The van der Waals surface area contributed by atoms with Crippen LogP contribution in [0.2, 0.25) is 0 Å². The molecule has 0 bridgehead atoms. The van der Waals surface area contributed by atoms with E-state index in [1.54, 1.807) is 0 Å². The molecule has 0 saturated heterocycles. The van der Waals surface area contributed by atoms with Crippen LogP contribution >= 0.6 is 15.9 Å². The molecule has 112 valence electrons. The maximum atomic E-state index is 12.6. The molecule has 0 fully saturated rings. The molecule has 0 N–H and O–H groups in total. The lowest BCUT2D eigenvalue weighted by atomic mass is 10.0. The van der Waals surface area contributed by atoms with Crippen molar-refractivity contribution < 1.29 is 4.79 Å². The van der Waals surface area contributed by atoms with E-state index in [0.29, 0.717) is 0 Å². The molecule has 20 heavy (non-hydrogen) atoms. The number of rotatable bonds is 9. The maximum absolute atomic E-state index is 12.6. The van der Waals surface area contributed by atoms with Crippen molar-refractivity contribution in [1.29, 1.82) is 0 Å². The zero-order valence-corrected chi connectivity index (χ0v) is 14.4. The summed E-state index contributed by atoms with van der Waals surface area (Å²) in [5.74, 6) is 0.227. The molecule has 2 nitrogen and oxygen atoms in total. The highest BCUT2D eigenvalue weighted by atomic mass is 79.9. The van der Waals surface area contributed by atoms with Gasteiger partial charge in [-0.15, -0.1) is 0 Å². The Kier molecular flexibility index (Phi) is 8.08. The summed E-state index contributed by atoms with van der Waals surface area (Å²) in [6.45, 7) is 8.45. The first kappa shape index (κ1) is 17.4. The Bertz CT molecular complexity index is 394. The summed E-state index contributed by atoms with van der Waals surface area (Å²) in [5.41, 5.74) is 0.804. The molecule has 0 aliphatic carbocycles. The molecule has 0 radical (unpaired) electrons. The van der Waals surface area contributed by atoms with Crippen molar-refractivity contribution in [2.24, 2.45) is 0 Å². The van der Waals surface area contributed by atoms with Crippen molar-refractivity contribution in [3.05, 3.63) is 34.3 Å². The molecule has 0 heterocycles. The average molecular weight is 340 g/mol. The third kappa shape index (κ3) is 5.37. The van der Waals surface area contributed by atoms with E-state index < -0.39 is 0 Å². The number of Topliss-reactive ketones (excluding diaryl/α,β-unsaturated/α-hetero) is 1. The largest absolute Gasteiger partial charge is 0.294 e. The Hall–Kier alpha value is -0.670. The van der Waals surface area contributed by atoms with Gasteiger partial charge in [-0.25, -0.2) is 0 Å². The molecule has 1 atom stereocenters. The first-order valence-corrected chi connectivity index (χ1v) is 8.43. The number of halogens is 1. The Balaban J connectivity index is 2.73. The summed E-state index contributed by atoms with van der Waals surface area (Å²) in [7, 11) is 0. The number of ketones is 1. The fraction of sp³-hybridized carbons (Fsp3) is 0.588. The molecule has 0 saturated carbocycles. The Labute approximate surface area is 131 Å². The van der Waals surface area contributed by atoms with Crippen LogP contribution in [0.3, 0.4) is 0 Å². The fourth-order valence-corrected chi connectivity index (χ4v) is 2.51. The van der Waals surface area contributed by atoms with Gasteiger partial charge in [0.25, 0.3) is 0 Å².